The van der Waals surface area contributed by atoms with E-state index in [1.54, 1.807) is 0 Å². The average molecular weight is 212 g/mol. The summed E-state index contributed by atoms with van der Waals surface area (Å²) in [5.74, 6) is 5.57. The fourth-order valence-corrected chi connectivity index (χ4v) is 1.91. The normalized spacial score (nSPS) is 19.9. The minimum absolute atomic E-state index is 0.200. The van der Waals surface area contributed by atoms with Gasteiger partial charge >= 0.3 is 0 Å². The van der Waals surface area contributed by atoms with Crippen molar-refractivity contribution in [3.63, 3.8) is 0 Å². The van der Waals surface area contributed by atoms with E-state index in [-0.39, 0.29) is 12.1 Å². The van der Waals surface area contributed by atoms with E-state index >= 15 is 0 Å². The summed E-state index contributed by atoms with van der Waals surface area (Å²) in [6.45, 7) is 4.78. The number of ether oxygens (including phenoxy) is 1. The Morgan fingerprint density at radius 2 is 2.20 bits per heavy atom. The van der Waals surface area contributed by atoms with E-state index in [1.807, 2.05) is 0 Å². The molecular formula is C12H24N2O. The van der Waals surface area contributed by atoms with Gasteiger partial charge in [-0.1, -0.05) is 18.1 Å². The molecule has 0 radical (unpaired) electrons. The quantitative estimate of drug-likeness (QED) is 0.417. The standard InChI is InChI=1S/C12H24N2O/c1-10(2)15-9-12(14-13)11-7-5-3-4-6-8-11/h7,10,12,14H,3-6,8-9,13H2,1-2H3. The van der Waals surface area contributed by atoms with Crippen LogP contribution in [0.25, 0.3) is 0 Å². The van der Waals surface area contributed by atoms with Gasteiger partial charge in [-0.2, -0.15) is 0 Å². The molecule has 0 aliphatic heterocycles. The molecule has 0 saturated carbocycles. The van der Waals surface area contributed by atoms with Gasteiger partial charge in [0.1, 0.15) is 0 Å². The van der Waals surface area contributed by atoms with Gasteiger partial charge in [-0.05, 0) is 39.5 Å². The maximum Gasteiger partial charge on any atom is 0.0674 e. The summed E-state index contributed by atoms with van der Waals surface area (Å²) in [6, 6.07) is 0.200. The van der Waals surface area contributed by atoms with Crippen molar-refractivity contribution in [3.05, 3.63) is 11.6 Å². The summed E-state index contributed by atoms with van der Waals surface area (Å²) in [5, 5.41) is 0. The molecule has 3 heteroatoms. The summed E-state index contributed by atoms with van der Waals surface area (Å²) in [5.41, 5.74) is 4.29. The largest absolute Gasteiger partial charge is 0.377 e. The van der Waals surface area contributed by atoms with Crippen LogP contribution in [0.1, 0.15) is 46.0 Å². The third-order valence-corrected chi connectivity index (χ3v) is 2.82. The zero-order valence-electron chi connectivity index (χ0n) is 9.96. The Morgan fingerprint density at radius 1 is 1.40 bits per heavy atom. The van der Waals surface area contributed by atoms with Gasteiger partial charge < -0.3 is 4.74 Å². The van der Waals surface area contributed by atoms with Crippen molar-refractivity contribution >= 4 is 0 Å². The lowest BCUT2D eigenvalue weighted by Crippen LogP contribution is -2.40. The highest BCUT2D eigenvalue weighted by atomic mass is 16.5. The summed E-state index contributed by atoms with van der Waals surface area (Å²) in [4.78, 5) is 0. The fourth-order valence-electron chi connectivity index (χ4n) is 1.91. The molecule has 0 heterocycles. The first-order chi connectivity index (χ1) is 7.24. The first-order valence-electron chi connectivity index (χ1n) is 6.00. The number of nitrogens with one attached hydrogen (secondary N) is 1. The van der Waals surface area contributed by atoms with E-state index in [1.165, 1.54) is 31.3 Å². The van der Waals surface area contributed by atoms with Crippen LogP contribution in [-0.2, 0) is 4.74 Å². The second kappa shape index (κ2) is 6.99. The summed E-state index contributed by atoms with van der Waals surface area (Å²) < 4.78 is 5.61. The van der Waals surface area contributed by atoms with E-state index in [2.05, 4.69) is 25.3 Å². The number of allylic oxidation sites excluding steroid dienone is 1. The average Bonchev–Trinajstić information content (AvgIpc) is 2.47. The third-order valence-electron chi connectivity index (χ3n) is 2.82. The molecule has 0 bridgehead atoms. The highest BCUT2D eigenvalue weighted by molar-refractivity contribution is 5.11. The molecule has 1 atom stereocenters. The van der Waals surface area contributed by atoms with Crippen LogP contribution in [0.5, 0.6) is 0 Å². The monoisotopic (exact) mass is 212 g/mol. The third kappa shape index (κ3) is 4.78. The smallest absolute Gasteiger partial charge is 0.0674 e. The predicted octanol–water partition coefficient (Wildman–Crippen LogP) is 2.13. The van der Waals surface area contributed by atoms with Crippen LogP contribution in [0, 0.1) is 0 Å². The lowest BCUT2D eigenvalue weighted by atomic mass is 10.0. The maximum atomic E-state index is 5.61. The van der Waals surface area contributed by atoms with E-state index < -0.39 is 0 Å². The van der Waals surface area contributed by atoms with E-state index in [9.17, 15) is 0 Å². The van der Waals surface area contributed by atoms with Gasteiger partial charge in [0.05, 0.1) is 18.8 Å². The first kappa shape index (κ1) is 12.7. The van der Waals surface area contributed by atoms with Crippen molar-refractivity contribution in [1.29, 1.82) is 0 Å². The molecule has 0 fully saturated rings. The Kier molecular flexibility index (Phi) is 5.91. The zero-order chi connectivity index (χ0) is 11.1. The lowest BCUT2D eigenvalue weighted by Gasteiger charge is -2.20. The zero-order valence-corrected chi connectivity index (χ0v) is 9.96. The molecule has 0 amide bonds. The van der Waals surface area contributed by atoms with Gasteiger partial charge in [-0.3, -0.25) is 11.3 Å². The molecule has 0 saturated heterocycles. The van der Waals surface area contributed by atoms with Crippen molar-refractivity contribution in [2.75, 3.05) is 6.61 Å². The van der Waals surface area contributed by atoms with Crippen molar-refractivity contribution < 1.29 is 4.74 Å². The minimum Gasteiger partial charge on any atom is -0.377 e. The number of nitrogens with two attached hydrogens (primary N) is 1. The van der Waals surface area contributed by atoms with E-state index in [4.69, 9.17) is 10.6 Å². The molecule has 1 rings (SSSR count). The highest BCUT2D eigenvalue weighted by Crippen LogP contribution is 2.20. The molecule has 3 N–H and O–H groups in total. The van der Waals surface area contributed by atoms with Crippen LogP contribution in [-0.4, -0.2) is 18.8 Å². The molecule has 1 aliphatic carbocycles. The van der Waals surface area contributed by atoms with Crippen LogP contribution in [0.3, 0.4) is 0 Å². The van der Waals surface area contributed by atoms with Crippen molar-refractivity contribution in [1.82, 2.24) is 5.43 Å². The predicted molar refractivity (Wildman–Crippen MR) is 63.4 cm³/mol. The van der Waals surface area contributed by atoms with E-state index in [0.717, 1.165) is 6.42 Å². The molecule has 1 aliphatic rings. The van der Waals surface area contributed by atoms with Gasteiger partial charge in [-0.25, -0.2) is 0 Å². The Labute approximate surface area is 93.0 Å². The molecule has 1 unspecified atom stereocenters. The topological polar surface area (TPSA) is 47.3 Å². The van der Waals surface area contributed by atoms with Crippen LogP contribution >= 0.6 is 0 Å². The molecule has 3 nitrogen and oxygen atoms in total. The fraction of sp³-hybridized carbons (Fsp3) is 0.833. The van der Waals surface area contributed by atoms with E-state index in [0.29, 0.717) is 6.61 Å². The molecule has 0 spiro atoms. The molecule has 15 heavy (non-hydrogen) atoms. The molecule has 0 aromatic carbocycles. The second-order valence-corrected chi connectivity index (χ2v) is 4.48. The van der Waals surface area contributed by atoms with Crippen LogP contribution in [0.4, 0.5) is 0 Å². The van der Waals surface area contributed by atoms with Crippen molar-refractivity contribution in [2.24, 2.45) is 5.84 Å². The van der Waals surface area contributed by atoms with Gasteiger partial charge in [-0.15, -0.1) is 0 Å². The number of hydrogen-bond donors (Lipinski definition) is 2. The minimum atomic E-state index is 0.200. The lowest BCUT2D eigenvalue weighted by molar-refractivity contribution is 0.0670. The maximum absolute atomic E-state index is 5.61. The summed E-state index contributed by atoms with van der Waals surface area (Å²) in [7, 11) is 0. The first-order valence-corrected chi connectivity index (χ1v) is 6.00. The Bertz CT molecular complexity index is 202. The second-order valence-electron chi connectivity index (χ2n) is 4.48. The molecular weight excluding hydrogens is 188 g/mol. The van der Waals surface area contributed by atoms with Crippen LogP contribution < -0.4 is 11.3 Å². The van der Waals surface area contributed by atoms with Crippen LogP contribution in [0.2, 0.25) is 0 Å². The van der Waals surface area contributed by atoms with Gasteiger partial charge in [0, 0.05) is 0 Å². The number of hydrogen-bond acceptors (Lipinski definition) is 3. The van der Waals surface area contributed by atoms with Gasteiger partial charge in [0.2, 0.25) is 0 Å². The summed E-state index contributed by atoms with van der Waals surface area (Å²) >= 11 is 0. The van der Waals surface area contributed by atoms with Crippen molar-refractivity contribution in [3.8, 4) is 0 Å². The molecule has 88 valence electrons. The summed E-state index contributed by atoms with van der Waals surface area (Å²) in [6.07, 6.45) is 8.89. The SMILES string of the molecule is CC(C)OCC(NN)C1=CCCCCC1. The Hall–Kier alpha value is -0.380. The Morgan fingerprint density at radius 3 is 2.87 bits per heavy atom. The molecule has 0 aromatic heterocycles. The van der Waals surface area contributed by atoms with Gasteiger partial charge in [0.15, 0.2) is 0 Å². The van der Waals surface area contributed by atoms with Crippen LogP contribution in [0.15, 0.2) is 11.6 Å². The Balaban J connectivity index is 2.44. The highest BCUT2D eigenvalue weighted by Gasteiger charge is 2.14. The van der Waals surface area contributed by atoms with Gasteiger partial charge in [0.25, 0.3) is 0 Å². The number of rotatable bonds is 5. The number of hydrazine groups is 1. The molecule has 0 aromatic rings. The van der Waals surface area contributed by atoms with Crippen molar-refractivity contribution in [2.45, 2.75) is 58.1 Å².